The largest absolute Gasteiger partial charge is 0.494 e. The summed E-state index contributed by atoms with van der Waals surface area (Å²) in [6.07, 6.45) is 1.70. The highest BCUT2D eigenvalue weighted by atomic mass is 32.1. The molecule has 27 heavy (non-hydrogen) atoms. The maximum absolute atomic E-state index is 12.7. The smallest absolute Gasteiger partial charge is 0.265 e. The van der Waals surface area contributed by atoms with Crippen LogP contribution in [0.3, 0.4) is 0 Å². The van der Waals surface area contributed by atoms with E-state index in [0.29, 0.717) is 0 Å². The molecule has 2 aromatic carbocycles. The Kier molecular flexibility index (Phi) is 4.12. The zero-order valence-corrected chi connectivity index (χ0v) is 15.7. The van der Waals surface area contributed by atoms with Crippen LogP contribution < -0.4 is 5.56 Å². The maximum atomic E-state index is 12.7. The quantitative estimate of drug-likeness (QED) is 0.693. The molecule has 0 fully saturated rings. The Bertz CT molecular complexity index is 1230. The van der Waals surface area contributed by atoms with Crippen molar-refractivity contribution in [3.63, 3.8) is 0 Å². The van der Waals surface area contributed by atoms with Crippen molar-refractivity contribution in [1.82, 2.24) is 9.13 Å². The van der Waals surface area contributed by atoms with Gasteiger partial charge < -0.3 is 5.11 Å². The number of benzene rings is 2. The Morgan fingerprint density at radius 2 is 1.67 bits per heavy atom. The highest BCUT2D eigenvalue weighted by molar-refractivity contribution is 7.71. The molecule has 134 valence electrons. The van der Waals surface area contributed by atoms with E-state index in [1.54, 1.807) is 20.2 Å². The van der Waals surface area contributed by atoms with E-state index < -0.39 is 0 Å². The van der Waals surface area contributed by atoms with Gasteiger partial charge in [-0.05, 0) is 24.4 Å². The summed E-state index contributed by atoms with van der Waals surface area (Å²) < 4.78 is 3.02. The summed E-state index contributed by atoms with van der Waals surface area (Å²) in [5.41, 5.74) is 4.10. The summed E-state index contributed by atoms with van der Waals surface area (Å²) in [4.78, 5) is 17.5. The number of fused-ring (bicyclic) bond motifs is 1. The minimum absolute atomic E-state index is 0.160. The molecule has 5 nitrogen and oxygen atoms in total. The van der Waals surface area contributed by atoms with Gasteiger partial charge in [0.1, 0.15) is 5.56 Å². The summed E-state index contributed by atoms with van der Waals surface area (Å²) in [6.45, 7) is 0. The molecule has 0 saturated carbocycles. The zero-order valence-electron chi connectivity index (χ0n) is 14.9. The second-order valence-corrected chi connectivity index (χ2v) is 6.71. The summed E-state index contributed by atoms with van der Waals surface area (Å²) in [5, 5.41) is 10.5. The van der Waals surface area contributed by atoms with Crippen molar-refractivity contribution in [3.8, 4) is 5.88 Å². The predicted molar refractivity (Wildman–Crippen MR) is 110 cm³/mol. The first kappa shape index (κ1) is 17.2. The Labute approximate surface area is 161 Å². The van der Waals surface area contributed by atoms with Crippen LogP contribution in [-0.4, -0.2) is 20.0 Å². The standard InChI is InChI=1S/C21H17N3O2S/c1-23-19(25)16(20(26)24(2)21(23)27)12-15-14-10-6-7-11-17(14)22-18(15)13-8-4-3-5-9-13/h3-12,25H,1-2H3. The van der Waals surface area contributed by atoms with Crippen LogP contribution in [0.4, 0.5) is 5.69 Å². The van der Waals surface area contributed by atoms with Crippen LogP contribution in [0.2, 0.25) is 0 Å². The fourth-order valence-corrected chi connectivity index (χ4v) is 3.37. The summed E-state index contributed by atoms with van der Waals surface area (Å²) in [5.74, 6) is -0.160. The van der Waals surface area contributed by atoms with Gasteiger partial charge in [-0.15, -0.1) is 0 Å². The highest BCUT2D eigenvalue weighted by Gasteiger charge is 2.23. The second-order valence-electron chi connectivity index (χ2n) is 6.34. The first-order chi connectivity index (χ1) is 13.0. The summed E-state index contributed by atoms with van der Waals surface area (Å²) >= 11 is 5.20. The van der Waals surface area contributed by atoms with Crippen LogP contribution in [0.15, 0.2) is 64.4 Å². The van der Waals surface area contributed by atoms with Crippen LogP contribution in [0, 0.1) is 4.77 Å². The van der Waals surface area contributed by atoms with E-state index in [4.69, 9.17) is 17.2 Å². The van der Waals surface area contributed by atoms with E-state index >= 15 is 0 Å². The van der Waals surface area contributed by atoms with Gasteiger partial charge in [0, 0.05) is 30.8 Å². The third kappa shape index (κ3) is 2.74. The van der Waals surface area contributed by atoms with Gasteiger partial charge in [-0.25, -0.2) is 4.99 Å². The number of rotatable bonds is 2. The SMILES string of the molecule is Cn1c(O)c(C=C2C(c3ccccc3)=Nc3ccccc32)c(=O)n(C)c1=S. The number of allylic oxidation sites excluding steroid dienone is 1. The van der Waals surface area contributed by atoms with Gasteiger partial charge in [0.25, 0.3) is 5.56 Å². The minimum atomic E-state index is -0.347. The first-order valence-electron chi connectivity index (χ1n) is 8.43. The van der Waals surface area contributed by atoms with Crippen LogP contribution >= 0.6 is 12.2 Å². The molecule has 0 radical (unpaired) electrons. The topological polar surface area (TPSA) is 59.5 Å². The summed E-state index contributed by atoms with van der Waals surface area (Å²) in [6, 6.07) is 17.5. The maximum Gasteiger partial charge on any atom is 0.265 e. The number of aromatic nitrogens is 2. The zero-order chi connectivity index (χ0) is 19.1. The lowest BCUT2D eigenvalue weighted by Crippen LogP contribution is -2.24. The molecule has 2 heterocycles. The lowest BCUT2D eigenvalue weighted by Gasteiger charge is -2.11. The monoisotopic (exact) mass is 375 g/mol. The third-order valence-corrected chi connectivity index (χ3v) is 5.23. The first-order valence-corrected chi connectivity index (χ1v) is 8.84. The molecule has 0 saturated heterocycles. The lowest BCUT2D eigenvalue weighted by atomic mass is 9.96. The molecule has 0 aliphatic carbocycles. The second kappa shape index (κ2) is 6.48. The van der Waals surface area contributed by atoms with Crippen LogP contribution in [0.5, 0.6) is 5.88 Å². The molecule has 1 N–H and O–H groups in total. The van der Waals surface area contributed by atoms with Crippen LogP contribution in [-0.2, 0) is 14.1 Å². The lowest BCUT2D eigenvalue weighted by molar-refractivity contribution is 0.414. The van der Waals surface area contributed by atoms with Gasteiger partial charge in [0.05, 0.1) is 11.4 Å². The number of hydrogen-bond donors (Lipinski definition) is 1. The van der Waals surface area contributed by atoms with Crippen molar-refractivity contribution < 1.29 is 5.11 Å². The van der Waals surface area contributed by atoms with Crippen LogP contribution in [0.1, 0.15) is 16.7 Å². The normalized spacial score (nSPS) is 14.3. The van der Waals surface area contributed by atoms with Gasteiger partial charge >= 0.3 is 0 Å². The van der Waals surface area contributed by atoms with Crippen molar-refractivity contribution in [2.75, 3.05) is 0 Å². The molecule has 1 aromatic heterocycles. The van der Waals surface area contributed by atoms with Gasteiger partial charge in [0.15, 0.2) is 4.77 Å². The van der Waals surface area contributed by atoms with Crippen molar-refractivity contribution in [2.24, 2.45) is 19.1 Å². The molecule has 3 aromatic rings. The molecule has 6 heteroatoms. The molecule has 1 aliphatic rings. The number of para-hydroxylation sites is 1. The van der Waals surface area contributed by atoms with E-state index in [1.807, 2.05) is 54.6 Å². The van der Waals surface area contributed by atoms with E-state index in [-0.39, 0.29) is 21.8 Å². The van der Waals surface area contributed by atoms with Crippen molar-refractivity contribution >= 4 is 35.3 Å². The van der Waals surface area contributed by atoms with E-state index in [0.717, 1.165) is 28.1 Å². The van der Waals surface area contributed by atoms with Gasteiger partial charge in [-0.1, -0.05) is 48.5 Å². The fraction of sp³-hybridized carbons (Fsp3) is 0.0952. The highest BCUT2D eigenvalue weighted by Crippen LogP contribution is 2.38. The molecule has 0 bridgehead atoms. The molecular weight excluding hydrogens is 358 g/mol. The van der Waals surface area contributed by atoms with Crippen molar-refractivity contribution in [1.29, 1.82) is 0 Å². The van der Waals surface area contributed by atoms with E-state index in [9.17, 15) is 9.90 Å². The van der Waals surface area contributed by atoms with Gasteiger partial charge in [0.2, 0.25) is 5.88 Å². The number of nitrogens with zero attached hydrogens (tertiary/aromatic N) is 3. The molecule has 4 rings (SSSR count). The molecule has 1 aliphatic heterocycles. The predicted octanol–water partition coefficient (Wildman–Crippen LogP) is 3.83. The molecule has 0 amide bonds. The van der Waals surface area contributed by atoms with Gasteiger partial charge in [-0.2, -0.15) is 0 Å². The van der Waals surface area contributed by atoms with Crippen molar-refractivity contribution in [3.05, 3.63) is 86.4 Å². The molecule has 0 unspecified atom stereocenters. The molecular formula is C21H17N3O2S. The van der Waals surface area contributed by atoms with E-state index in [1.165, 1.54) is 9.13 Å². The summed E-state index contributed by atoms with van der Waals surface area (Å²) in [7, 11) is 3.23. The number of hydrogen-bond acceptors (Lipinski definition) is 4. The average Bonchev–Trinajstić information content (AvgIpc) is 3.07. The number of aromatic hydroxyl groups is 1. The fourth-order valence-electron chi connectivity index (χ4n) is 3.20. The molecule has 0 spiro atoms. The van der Waals surface area contributed by atoms with E-state index in [2.05, 4.69) is 0 Å². The van der Waals surface area contributed by atoms with Crippen LogP contribution in [0.25, 0.3) is 11.6 Å². The Morgan fingerprint density at radius 1 is 1.00 bits per heavy atom. The van der Waals surface area contributed by atoms with Crippen molar-refractivity contribution in [2.45, 2.75) is 0 Å². The Balaban J connectivity index is 2.01. The Hall–Kier alpha value is -3.25. The minimum Gasteiger partial charge on any atom is -0.494 e. The molecule has 0 atom stereocenters. The average molecular weight is 375 g/mol. The van der Waals surface area contributed by atoms with Gasteiger partial charge in [-0.3, -0.25) is 13.9 Å². The number of aliphatic imine (C=N–C) groups is 1. The Morgan fingerprint density at radius 3 is 2.41 bits per heavy atom. The third-order valence-electron chi connectivity index (χ3n) is 4.69.